The standard InChI is InChI=1S/C21H35N3O2/c1-3-20(17(2)16-18-6-8-19(25)9-7-18)23-11-4-5-14-24-15-13-22-12-10-21(24)26/h6-9,17,20,22-23,25H,3-5,10-16H2,1-2H3. The molecule has 0 radical (unpaired) electrons. The van der Waals surface area contributed by atoms with Gasteiger partial charge in [0.2, 0.25) is 5.91 Å². The molecule has 3 N–H and O–H groups in total. The molecule has 0 bridgehead atoms. The number of nitrogens with one attached hydrogen (secondary N) is 2. The summed E-state index contributed by atoms with van der Waals surface area (Å²) in [6.45, 7) is 8.96. The number of aromatic hydroxyl groups is 1. The molecule has 1 fully saturated rings. The fourth-order valence-electron chi connectivity index (χ4n) is 3.66. The van der Waals surface area contributed by atoms with Crippen molar-refractivity contribution in [2.24, 2.45) is 5.92 Å². The molecule has 146 valence electrons. The molecule has 5 heteroatoms. The third kappa shape index (κ3) is 6.96. The minimum atomic E-state index is 0.289. The number of rotatable bonds is 10. The van der Waals surface area contributed by atoms with Crippen molar-refractivity contribution in [3.05, 3.63) is 29.8 Å². The van der Waals surface area contributed by atoms with Gasteiger partial charge in [0.05, 0.1) is 0 Å². The summed E-state index contributed by atoms with van der Waals surface area (Å²) in [4.78, 5) is 14.0. The summed E-state index contributed by atoms with van der Waals surface area (Å²) < 4.78 is 0. The SMILES string of the molecule is CCC(NCCCCN1CCNCCC1=O)C(C)Cc1ccc(O)cc1. The van der Waals surface area contributed by atoms with Crippen LogP contribution in [-0.2, 0) is 11.2 Å². The van der Waals surface area contributed by atoms with E-state index in [2.05, 4.69) is 24.5 Å². The first kappa shape index (κ1) is 20.7. The minimum absolute atomic E-state index is 0.289. The van der Waals surface area contributed by atoms with Crippen LogP contribution in [0.15, 0.2) is 24.3 Å². The molecule has 5 nitrogen and oxygen atoms in total. The predicted molar refractivity (Wildman–Crippen MR) is 106 cm³/mol. The first-order chi connectivity index (χ1) is 12.6. The lowest BCUT2D eigenvalue weighted by Crippen LogP contribution is -2.37. The number of amides is 1. The van der Waals surface area contributed by atoms with E-state index in [1.54, 1.807) is 12.1 Å². The molecule has 0 saturated carbocycles. The van der Waals surface area contributed by atoms with E-state index in [1.165, 1.54) is 5.56 Å². The summed E-state index contributed by atoms with van der Waals surface area (Å²) in [5.41, 5.74) is 1.27. The monoisotopic (exact) mass is 361 g/mol. The Balaban J connectivity index is 1.66. The Morgan fingerprint density at radius 3 is 2.73 bits per heavy atom. The van der Waals surface area contributed by atoms with Crippen LogP contribution in [-0.4, -0.2) is 54.7 Å². The maximum Gasteiger partial charge on any atom is 0.223 e. The van der Waals surface area contributed by atoms with Crippen molar-refractivity contribution in [1.29, 1.82) is 0 Å². The lowest BCUT2D eigenvalue weighted by atomic mass is 9.92. The number of hydrogen-bond acceptors (Lipinski definition) is 4. The lowest BCUT2D eigenvalue weighted by Gasteiger charge is -2.25. The van der Waals surface area contributed by atoms with E-state index in [-0.39, 0.29) is 5.91 Å². The Morgan fingerprint density at radius 1 is 1.23 bits per heavy atom. The van der Waals surface area contributed by atoms with Crippen LogP contribution < -0.4 is 10.6 Å². The molecule has 26 heavy (non-hydrogen) atoms. The minimum Gasteiger partial charge on any atom is -0.508 e. The summed E-state index contributed by atoms with van der Waals surface area (Å²) in [6, 6.07) is 8.02. The topological polar surface area (TPSA) is 64.6 Å². The van der Waals surface area contributed by atoms with Gasteiger partial charge >= 0.3 is 0 Å². The average Bonchev–Trinajstić information content (AvgIpc) is 2.84. The van der Waals surface area contributed by atoms with Gasteiger partial charge in [0.25, 0.3) is 0 Å². The maximum atomic E-state index is 12.0. The highest BCUT2D eigenvalue weighted by Crippen LogP contribution is 2.17. The number of nitrogens with zero attached hydrogens (tertiary/aromatic N) is 1. The molecule has 0 aliphatic carbocycles. The highest BCUT2D eigenvalue weighted by Gasteiger charge is 2.17. The largest absolute Gasteiger partial charge is 0.508 e. The van der Waals surface area contributed by atoms with Crippen molar-refractivity contribution in [2.75, 3.05) is 32.7 Å². The second-order valence-corrected chi connectivity index (χ2v) is 7.40. The lowest BCUT2D eigenvalue weighted by molar-refractivity contribution is -0.130. The number of phenols is 1. The molecule has 1 amide bonds. The summed E-state index contributed by atoms with van der Waals surface area (Å²) in [5, 5.41) is 16.4. The summed E-state index contributed by atoms with van der Waals surface area (Å²) in [7, 11) is 0. The zero-order valence-corrected chi connectivity index (χ0v) is 16.3. The molecule has 2 atom stereocenters. The van der Waals surface area contributed by atoms with Gasteiger partial charge in [-0.3, -0.25) is 4.79 Å². The molecular formula is C21H35N3O2. The van der Waals surface area contributed by atoms with Gasteiger partial charge in [-0.1, -0.05) is 26.0 Å². The van der Waals surface area contributed by atoms with Crippen molar-refractivity contribution >= 4 is 5.91 Å². The molecule has 1 aromatic rings. The molecule has 2 rings (SSSR count). The normalized spacial score (nSPS) is 17.8. The van der Waals surface area contributed by atoms with Crippen molar-refractivity contribution < 1.29 is 9.90 Å². The van der Waals surface area contributed by atoms with Crippen LogP contribution in [0.1, 0.15) is 45.1 Å². The van der Waals surface area contributed by atoms with Gasteiger partial charge in [0, 0.05) is 38.6 Å². The van der Waals surface area contributed by atoms with E-state index in [0.29, 0.717) is 24.1 Å². The van der Waals surface area contributed by atoms with Crippen molar-refractivity contribution in [3.63, 3.8) is 0 Å². The number of carbonyl (C=O) groups excluding carboxylic acids is 1. The van der Waals surface area contributed by atoms with E-state index in [1.807, 2.05) is 17.0 Å². The molecule has 1 aliphatic heterocycles. The number of carbonyl (C=O) groups is 1. The molecular weight excluding hydrogens is 326 g/mol. The Kier molecular flexibility index (Phi) is 8.92. The Hall–Kier alpha value is -1.59. The fourth-order valence-corrected chi connectivity index (χ4v) is 3.66. The van der Waals surface area contributed by atoms with Crippen LogP contribution in [0.2, 0.25) is 0 Å². The maximum absolute atomic E-state index is 12.0. The predicted octanol–water partition coefficient (Wildman–Crippen LogP) is 2.54. The average molecular weight is 362 g/mol. The van der Waals surface area contributed by atoms with E-state index in [4.69, 9.17) is 0 Å². The second-order valence-electron chi connectivity index (χ2n) is 7.40. The van der Waals surface area contributed by atoms with Gasteiger partial charge in [-0.2, -0.15) is 0 Å². The molecule has 0 spiro atoms. The van der Waals surface area contributed by atoms with E-state index in [9.17, 15) is 9.90 Å². The Bertz CT molecular complexity index is 533. The van der Waals surface area contributed by atoms with E-state index in [0.717, 1.165) is 58.4 Å². The van der Waals surface area contributed by atoms with Gasteiger partial charge in [0.15, 0.2) is 0 Å². The molecule has 2 unspecified atom stereocenters. The highest BCUT2D eigenvalue weighted by molar-refractivity contribution is 5.76. The van der Waals surface area contributed by atoms with Crippen LogP contribution in [0.3, 0.4) is 0 Å². The third-order valence-corrected chi connectivity index (χ3v) is 5.31. The molecule has 0 aromatic heterocycles. The zero-order chi connectivity index (χ0) is 18.8. The Labute approximate surface area is 158 Å². The summed E-state index contributed by atoms with van der Waals surface area (Å²) in [5.74, 6) is 1.16. The number of hydrogen-bond donors (Lipinski definition) is 3. The Morgan fingerprint density at radius 2 is 2.00 bits per heavy atom. The quantitative estimate of drug-likeness (QED) is 0.561. The zero-order valence-electron chi connectivity index (χ0n) is 16.3. The smallest absolute Gasteiger partial charge is 0.223 e. The number of unbranched alkanes of at least 4 members (excludes halogenated alkanes) is 1. The van der Waals surface area contributed by atoms with Gasteiger partial charge in [-0.25, -0.2) is 0 Å². The van der Waals surface area contributed by atoms with E-state index >= 15 is 0 Å². The van der Waals surface area contributed by atoms with Crippen LogP contribution >= 0.6 is 0 Å². The van der Waals surface area contributed by atoms with Crippen LogP contribution in [0.25, 0.3) is 0 Å². The number of benzene rings is 1. The van der Waals surface area contributed by atoms with Crippen LogP contribution in [0.5, 0.6) is 5.75 Å². The molecule has 1 saturated heterocycles. The fraction of sp³-hybridized carbons (Fsp3) is 0.667. The summed E-state index contributed by atoms with van der Waals surface area (Å²) in [6.07, 6.45) is 4.91. The number of phenolic OH excluding ortho intramolecular Hbond substituents is 1. The van der Waals surface area contributed by atoms with Gasteiger partial charge in [-0.15, -0.1) is 0 Å². The second kappa shape index (κ2) is 11.2. The first-order valence-electron chi connectivity index (χ1n) is 10.1. The van der Waals surface area contributed by atoms with Crippen molar-refractivity contribution in [1.82, 2.24) is 15.5 Å². The first-order valence-corrected chi connectivity index (χ1v) is 10.1. The van der Waals surface area contributed by atoms with Crippen molar-refractivity contribution in [2.45, 2.75) is 52.0 Å². The molecule has 1 heterocycles. The molecule has 1 aliphatic rings. The van der Waals surface area contributed by atoms with Gasteiger partial charge in [-0.05, 0) is 55.8 Å². The van der Waals surface area contributed by atoms with Crippen LogP contribution in [0.4, 0.5) is 0 Å². The van der Waals surface area contributed by atoms with Crippen LogP contribution in [0, 0.1) is 5.92 Å². The summed E-state index contributed by atoms with van der Waals surface area (Å²) >= 11 is 0. The molecule has 1 aromatic carbocycles. The highest BCUT2D eigenvalue weighted by atomic mass is 16.3. The van der Waals surface area contributed by atoms with Gasteiger partial charge in [0.1, 0.15) is 5.75 Å². The van der Waals surface area contributed by atoms with Crippen molar-refractivity contribution in [3.8, 4) is 5.75 Å². The van der Waals surface area contributed by atoms with E-state index < -0.39 is 0 Å². The third-order valence-electron chi connectivity index (χ3n) is 5.31. The van der Waals surface area contributed by atoms with Gasteiger partial charge < -0.3 is 20.6 Å².